The van der Waals surface area contributed by atoms with E-state index in [1.165, 1.54) is 11.0 Å². The van der Waals surface area contributed by atoms with Gasteiger partial charge in [-0.3, -0.25) is 9.59 Å². The summed E-state index contributed by atoms with van der Waals surface area (Å²) in [5.74, 6) is -1.21. The molecule has 114 valence electrons. The summed E-state index contributed by atoms with van der Waals surface area (Å²) in [6.45, 7) is 3.92. The zero-order valence-corrected chi connectivity index (χ0v) is 13.4. The quantitative estimate of drug-likeness (QED) is 0.809. The second kappa shape index (κ2) is 8.05. The molecule has 1 atom stereocenters. The van der Waals surface area contributed by atoms with Crippen LogP contribution in [0.4, 0.5) is 0 Å². The molecule has 1 unspecified atom stereocenters. The van der Waals surface area contributed by atoms with Gasteiger partial charge in [0.15, 0.2) is 0 Å². The van der Waals surface area contributed by atoms with Crippen LogP contribution in [0.2, 0.25) is 10.0 Å². The summed E-state index contributed by atoms with van der Waals surface area (Å²) < 4.78 is 0. The van der Waals surface area contributed by atoms with Gasteiger partial charge in [-0.25, -0.2) is 0 Å². The van der Waals surface area contributed by atoms with E-state index in [4.69, 9.17) is 28.3 Å². The number of nitrogens with zero attached hydrogens (tertiary/aromatic N) is 1. The van der Waals surface area contributed by atoms with Crippen LogP contribution in [0, 0.1) is 0 Å². The first-order valence-corrected chi connectivity index (χ1v) is 7.26. The van der Waals surface area contributed by atoms with Crippen LogP contribution >= 0.6 is 23.2 Å². The van der Waals surface area contributed by atoms with Gasteiger partial charge in [0.1, 0.15) is 0 Å². The molecule has 0 aliphatic heterocycles. The van der Waals surface area contributed by atoms with Gasteiger partial charge in [0.2, 0.25) is 5.91 Å². The maximum Gasteiger partial charge on any atom is 0.305 e. The Labute approximate surface area is 134 Å². The summed E-state index contributed by atoms with van der Waals surface area (Å²) in [5.41, 5.74) is 0.566. The minimum Gasteiger partial charge on any atom is -0.481 e. The number of likely N-dealkylation sites (N-methyl/N-ethyl adjacent to an activating group) is 1. The van der Waals surface area contributed by atoms with E-state index in [1.54, 1.807) is 38.1 Å². The highest BCUT2D eigenvalue weighted by Crippen LogP contribution is 2.25. The lowest BCUT2D eigenvalue weighted by molar-refractivity contribution is -0.139. The lowest BCUT2D eigenvalue weighted by atomic mass is 10.1. The van der Waals surface area contributed by atoms with Crippen molar-refractivity contribution >= 4 is 41.2 Å². The summed E-state index contributed by atoms with van der Waals surface area (Å²) in [7, 11) is 0. The molecular formula is C15H17Cl2NO3. The first-order chi connectivity index (χ1) is 9.86. The van der Waals surface area contributed by atoms with E-state index in [0.717, 1.165) is 0 Å². The molecule has 0 radical (unpaired) electrons. The Bertz CT molecular complexity index is 538. The fraction of sp³-hybridized carbons (Fsp3) is 0.333. The number of hydrogen-bond acceptors (Lipinski definition) is 2. The lowest BCUT2D eigenvalue weighted by Gasteiger charge is -2.25. The Morgan fingerprint density at radius 2 is 1.90 bits per heavy atom. The molecule has 0 bridgehead atoms. The zero-order chi connectivity index (χ0) is 16.0. The molecule has 1 rings (SSSR count). The molecule has 6 heteroatoms. The van der Waals surface area contributed by atoms with Crippen molar-refractivity contribution in [3.63, 3.8) is 0 Å². The number of carbonyl (C=O) groups is 2. The summed E-state index contributed by atoms with van der Waals surface area (Å²) in [5, 5.41) is 9.70. The molecule has 21 heavy (non-hydrogen) atoms. The standard InChI is InChI=1S/C15H17Cl2NO3/c1-3-18(10(2)9-15(20)21)14(19)8-7-11-12(16)5-4-6-13(11)17/h4-8,10H,3,9H2,1-2H3,(H,20,21). The first kappa shape index (κ1) is 17.5. The molecule has 4 nitrogen and oxygen atoms in total. The summed E-state index contributed by atoms with van der Waals surface area (Å²) in [4.78, 5) is 24.4. The van der Waals surface area contributed by atoms with Crippen molar-refractivity contribution in [2.75, 3.05) is 6.54 Å². The Hall–Kier alpha value is -1.52. The van der Waals surface area contributed by atoms with Crippen molar-refractivity contribution in [3.05, 3.63) is 39.9 Å². The minimum atomic E-state index is -0.938. The predicted octanol–water partition coefficient (Wildman–Crippen LogP) is 3.72. The maximum absolute atomic E-state index is 12.2. The van der Waals surface area contributed by atoms with Crippen molar-refractivity contribution in [2.24, 2.45) is 0 Å². The highest BCUT2D eigenvalue weighted by molar-refractivity contribution is 6.37. The topological polar surface area (TPSA) is 57.6 Å². The van der Waals surface area contributed by atoms with E-state index in [2.05, 4.69) is 0 Å². The van der Waals surface area contributed by atoms with Gasteiger partial charge in [0.25, 0.3) is 0 Å². The van der Waals surface area contributed by atoms with E-state index in [-0.39, 0.29) is 18.4 Å². The Balaban J connectivity index is 2.87. The van der Waals surface area contributed by atoms with Gasteiger partial charge in [-0.15, -0.1) is 0 Å². The Morgan fingerprint density at radius 3 is 2.38 bits per heavy atom. The van der Waals surface area contributed by atoms with Crippen LogP contribution < -0.4 is 0 Å². The van der Waals surface area contributed by atoms with Crippen molar-refractivity contribution < 1.29 is 14.7 Å². The van der Waals surface area contributed by atoms with E-state index in [0.29, 0.717) is 22.2 Å². The molecular weight excluding hydrogens is 313 g/mol. The highest BCUT2D eigenvalue weighted by Gasteiger charge is 2.18. The number of aliphatic carboxylic acids is 1. The molecule has 0 heterocycles. The fourth-order valence-electron chi connectivity index (χ4n) is 1.97. The molecule has 1 aromatic carbocycles. The summed E-state index contributed by atoms with van der Waals surface area (Å²) >= 11 is 12.0. The van der Waals surface area contributed by atoms with Crippen LogP contribution in [0.3, 0.4) is 0 Å². The number of halogens is 2. The largest absolute Gasteiger partial charge is 0.481 e. The van der Waals surface area contributed by atoms with Crippen molar-refractivity contribution in [1.82, 2.24) is 4.90 Å². The Morgan fingerprint density at radius 1 is 1.33 bits per heavy atom. The lowest BCUT2D eigenvalue weighted by Crippen LogP contribution is -2.38. The summed E-state index contributed by atoms with van der Waals surface area (Å²) in [6.07, 6.45) is 2.80. The number of rotatable bonds is 6. The van der Waals surface area contributed by atoms with Gasteiger partial charge < -0.3 is 10.0 Å². The van der Waals surface area contributed by atoms with Gasteiger partial charge >= 0.3 is 5.97 Å². The van der Waals surface area contributed by atoms with Crippen LogP contribution in [0.15, 0.2) is 24.3 Å². The number of carbonyl (C=O) groups excluding carboxylic acids is 1. The van der Waals surface area contributed by atoms with E-state index in [9.17, 15) is 9.59 Å². The fourth-order valence-corrected chi connectivity index (χ4v) is 2.49. The van der Waals surface area contributed by atoms with Crippen molar-refractivity contribution in [2.45, 2.75) is 26.3 Å². The zero-order valence-electron chi connectivity index (χ0n) is 11.8. The smallest absolute Gasteiger partial charge is 0.305 e. The first-order valence-electron chi connectivity index (χ1n) is 6.51. The molecule has 1 aromatic rings. The van der Waals surface area contributed by atoms with Crippen LogP contribution in [0.1, 0.15) is 25.8 Å². The molecule has 0 saturated heterocycles. The minimum absolute atomic E-state index is 0.0970. The SMILES string of the molecule is CCN(C(=O)C=Cc1c(Cl)cccc1Cl)C(C)CC(=O)O. The molecule has 0 fully saturated rings. The second-order valence-electron chi connectivity index (χ2n) is 4.54. The third-order valence-corrected chi connectivity index (χ3v) is 3.68. The number of benzene rings is 1. The molecule has 1 amide bonds. The third-order valence-electron chi connectivity index (χ3n) is 3.02. The van der Waals surface area contributed by atoms with Crippen LogP contribution in [0.25, 0.3) is 6.08 Å². The monoisotopic (exact) mass is 329 g/mol. The molecule has 0 aromatic heterocycles. The number of amides is 1. The van der Waals surface area contributed by atoms with Crippen LogP contribution in [-0.2, 0) is 9.59 Å². The molecule has 0 aliphatic rings. The number of carboxylic acid groups (broad SMARTS) is 1. The number of hydrogen-bond donors (Lipinski definition) is 1. The van der Waals surface area contributed by atoms with Gasteiger partial charge in [-0.2, -0.15) is 0 Å². The molecule has 0 aliphatic carbocycles. The molecule has 1 N–H and O–H groups in total. The average Bonchev–Trinajstić information content (AvgIpc) is 2.38. The van der Waals surface area contributed by atoms with Gasteiger partial charge in [0.05, 0.1) is 6.42 Å². The molecule has 0 spiro atoms. The van der Waals surface area contributed by atoms with E-state index >= 15 is 0 Å². The average molecular weight is 330 g/mol. The highest BCUT2D eigenvalue weighted by atomic mass is 35.5. The predicted molar refractivity (Wildman–Crippen MR) is 84.6 cm³/mol. The van der Waals surface area contributed by atoms with Crippen LogP contribution in [-0.4, -0.2) is 34.5 Å². The maximum atomic E-state index is 12.2. The van der Waals surface area contributed by atoms with Crippen molar-refractivity contribution in [1.29, 1.82) is 0 Å². The normalized spacial score (nSPS) is 12.4. The van der Waals surface area contributed by atoms with Gasteiger partial charge in [-0.05, 0) is 32.1 Å². The number of carboxylic acids is 1. The van der Waals surface area contributed by atoms with Crippen molar-refractivity contribution in [3.8, 4) is 0 Å². The second-order valence-corrected chi connectivity index (χ2v) is 5.35. The summed E-state index contributed by atoms with van der Waals surface area (Å²) in [6, 6.07) is 4.70. The van der Waals surface area contributed by atoms with E-state index in [1.807, 2.05) is 0 Å². The van der Waals surface area contributed by atoms with Gasteiger partial charge in [-0.1, -0.05) is 29.3 Å². The Kier molecular flexibility index (Phi) is 6.72. The molecule has 0 saturated carbocycles. The van der Waals surface area contributed by atoms with E-state index < -0.39 is 5.97 Å². The van der Waals surface area contributed by atoms with Crippen LogP contribution in [0.5, 0.6) is 0 Å². The third kappa shape index (κ3) is 5.06. The van der Waals surface area contributed by atoms with Gasteiger partial charge in [0, 0.05) is 34.3 Å².